The van der Waals surface area contributed by atoms with Gasteiger partial charge in [-0.25, -0.2) is 0 Å². The van der Waals surface area contributed by atoms with Crippen LogP contribution in [0.15, 0.2) is 23.3 Å². The molecule has 0 N–H and O–H groups in total. The Morgan fingerprint density at radius 2 is 2.19 bits per heavy atom. The van der Waals surface area contributed by atoms with Gasteiger partial charge < -0.3 is 0 Å². The molecule has 1 fully saturated rings. The Balaban J connectivity index is 1.76. The molecule has 0 aromatic carbocycles. The van der Waals surface area contributed by atoms with E-state index in [0.29, 0.717) is 0 Å². The number of rotatable bonds is 3. The van der Waals surface area contributed by atoms with Crippen molar-refractivity contribution >= 4 is 0 Å². The molecule has 4 unspecified atom stereocenters. The summed E-state index contributed by atoms with van der Waals surface area (Å²) < 4.78 is 0. The van der Waals surface area contributed by atoms with Crippen LogP contribution in [0.4, 0.5) is 0 Å². The Morgan fingerprint density at radius 3 is 3.00 bits per heavy atom. The van der Waals surface area contributed by atoms with Gasteiger partial charge in [-0.05, 0) is 48.5 Å². The molecule has 0 spiro atoms. The van der Waals surface area contributed by atoms with Crippen LogP contribution in [0.2, 0.25) is 0 Å². The zero-order valence-electron chi connectivity index (χ0n) is 10.7. The number of hydrogen-bond acceptors (Lipinski definition) is 0. The van der Waals surface area contributed by atoms with Crippen LogP contribution in [0.3, 0.4) is 0 Å². The minimum Gasteiger partial charge on any atom is -0.0802 e. The Bertz CT molecular complexity index is 334. The average Bonchev–Trinajstić information content (AvgIpc) is 2.94. The monoisotopic (exact) mass is 216 g/mol. The van der Waals surface area contributed by atoms with Crippen LogP contribution in [0.5, 0.6) is 0 Å². The highest BCUT2D eigenvalue weighted by Gasteiger charge is 2.47. The lowest BCUT2D eigenvalue weighted by atomic mass is 9.79. The molecule has 0 aromatic rings. The van der Waals surface area contributed by atoms with Crippen molar-refractivity contribution in [1.82, 2.24) is 0 Å². The van der Waals surface area contributed by atoms with E-state index < -0.39 is 0 Å². The maximum atomic E-state index is 2.49. The third-order valence-corrected chi connectivity index (χ3v) is 5.31. The first kappa shape index (κ1) is 10.6. The molecule has 0 saturated heterocycles. The van der Waals surface area contributed by atoms with E-state index in [1.54, 1.807) is 5.57 Å². The summed E-state index contributed by atoms with van der Waals surface area (Å²) in [6, 6.07) is 0. The predicted octanol–water partition coefficient (Wildman–Crippen LogP) is 4.73. The molecule has 3 aliphatic rings. The van der Waals surface area contributed by atoms with Gasteiger partial charge in [0.2, 0.25) is 0 Å². The van der Waals surface area contributed by atoms with E-state index in [2.05, 4.69) is 26.0 Å². The standard InChI is InChI=1S/C16H24/c1-3-4-6-12-9-10-15-14-8-5-7-13(14)11(2)16(12)15/h5,7,11-12,15-16H,3-4,6,8-10H2,1-2H3. The van der Waals surface area contributed by atoms with Crippen LogP contribution in [0.1, 0.15) is 52.4 Å². The van der Waals surface area contributed by atoms with Gasteiger partial charge >= 0.3 is 0 Å². The van der Waals surface area contributed by atoms with Gasteiger partial charge in [0.1, 0.15) is 0 Å². The first-order chi connectivity index (χ1) is 7.83. The summed E-state index contributed by atoms with van der Waals surface area (Å²) in [5.74, 6) is 3.89. The van der Waals surface area contributed by atoms with Crippen LogP contribution < -0.4 is 0 Å². The first-order valence-corrected chi connectivity index (χ1v) is 7.22. The van der Waals surface area contributed by atoms with E-state index in [-0.39, 0.29) is 0 Å². The van der Waals surface area contributed by atoms with Crippen LogP contribution in [0.25, 0.3) is 0 Å². The third kappa shape index (κ3) is 1.42. The van der Waals surface area contributed by atoms with E-state index in [4.69, 9.17) is 0 Å². The highest BCUT2D eigenvalue weighted by atomic mass is 14.5. The topological polar surface area (TPSA) is 0 Å². The summed E-state index contributed by atoms with van der Waals surface area (Å²) in [5, 5.41) is 0. The van der Waals surface area contributed by atoms with Gasteiger partial charge in [-0.2, -0.15) is 0 Å². The Labute approximate surface area is 99.8 Å². The Morgan fingerprint density at radius 1 is 1.31 bits per heavy atom. The van der Waals surface area contributed by atoms with Gasteiger partial charge in [0.15, 0.2) is 0 Å². The lowest BCUT2D eigenvalue weighted by molar-refractivity contribution is 0.274. The summed E-state index contributed by atoms with van der Waals surface area (Å²) in [4.78, 5) is 0. The fraction of sp³-hybridized carbons (Fsp3) is 0.750. The number of hydrogen-bond donors (Lipinski definition) is 0. The fourth-order valence-corrected chi connectivity index (χ4v) is 4.63. The predicted molar refractivity (Wildman–Crippen MR) is 69.2 cm³/mol. The number of fused-ring (bicyclic) bond motifs is 2. The summed E-state index contributed by atoms with van der Waals surface area (Å²) in [6.07, 6.45) is 13.4. The molecular formula is C16H24. The normalized spacial score (nSPS) is 40.6. The van der Waals surface area contributed by atoms with Crippen LogP contribution >= 0.6 is 0 Å². The minimum absolute atomic E-state index is 0.864. The van der Waals surface area contributed by atoms with Gasteiger partial charge in [-0.3, -0.25) is 0 Å². The van der Waals surface area contributed by atoms with Crippen molar-refractivity contribution in [1.29, 1.82) is 0 Å². The molecule has 0 aromatic heterocycles. The van der Waals surface area contributed by atoms with Crippen molar-refractivity contribution in [3.8, 4) is 0 Å². The van der Waals surface area contributed by atoms with Gasteiger partial charge in [-0.1, -0.05) is 50.8 Å². The second-order valence-corrected chi connectivity index (χ2v) is 6.04. The lowest BCUT2D eigenvalue weighted by Crippen LogP contribution is -2.18. The molecule has 0 bridgehead atoms. The summed E-state index contributed by atoms with van der Waals surface area (Å²) >= 11 is 0. The maximum Gasteiger partial charge on any atom is -0.0127 e. The van der Waals surface area contributed by atoms with Crippen molar-refractivity contribution in [3.05, 3.63) is 23.3 Å². The van der Waals surface area contributed by atoms with Gasteiger partial charge in [0.05, 0.1) is 0 Å². The summed E-state index contributed by atoms with van der Waals surface area (Å²) in [5.41, 5.74) is 3.56. The van der Waals surface area contributed by atoms with Gasteiger partial charge in [0.25, 0.3) is 0 Å². The smallest absolute Gasteiger partial charge is 0.0127 e. The zero-order valence-corrected chi connectivity index (χ0v) is 10.7. The minimum atomic E-state index is 0.864. The van der Waals surface area contributed by atoms with E-state index in [1.165, 1.54) is 38.5 Å². The first-order valence-electron chi connectivity index (χ1n) is 7.22. The number of unbranched alkanes of at least 4 members (excludes halogenated alkanes) is 1. The molecule has 4 atom stereocenters. The fourth-order valence-electron chi connectivity index (χ4n) is 4.63. The second kappa shape index (κ2) is 4.05. The van der Waals surface area contributed by atoms with Crippen molar-refractivity contribution in [2.24, 2.45) is 23.7 Å². The third-order valence-electron chi connectivity index (χ3n) is 5.31. The van der Waals surface area contributed by atoms with Crippen molar-refractivity contribution in [2.75, 3.05) is 0 Å². The largest absolute Gasteiger partial charge is 0.0802 e. The molecule has 0 nitrogen and oxygen atoms in total. The maximum absolute atomic E-state index is 2.49. The van der Waals surface area contributed by atoms with E-state index in [9.17, 15) is 0 Å². The second-order valence-electron chi connectivity index (χ2n) is 6.04. The van der Waals surface area contributed by atoms with E-state index in [0.717, 1.165) is 23.7 Å². The van der Waals surface area contributed by atoms with Gasteiger partial charge in [-0.15, -0.1) is 0 Å². The molecule has 0 heteroatoms. The molecule has 88 valence electrons. The average molecular weight is 216 g/mol. The molecular weight excluding hydrogens is 192 g/mol. The van der Waals surface area contributed by atoms with Crippen molar-refractivity contribution < 1.29 is 0 Å². The molecule has 0 aliphatic heterocycles. The Hall–Kier alpha value is -0.520. The van der Waals surface area contributed by atoms with Crippen molar-refractivity contribution in [3.63, 3.8) is 0 Å². The van der Waals surface area contributed by atoms with Crippen LogP contribution in [-0.4, -0.2) is 0 Å². The van der Waals surface area contributed by atoms with E-state index in [1.807, 2.05) is 5.57 Å². The SMILES string of the molecule is CCCCC1CCC2C3=C(C=CC3)C(C)C12. The quantitative estimate of drug-likeness (QED) is 0.640. The van der Waals surface area contributed by atoms with Crippen molar-refractivity contribution in [2.45, 2.75) is 52.4 Å². The molecule has 16 heavy (non-hydrogen) atoms. The van der Waals surface area contributed by atoms with Gasteiger partial charge in [0, 0.05) is 0 Å². The Kier molecular flexibility index (Phi) is 2.69. The highest BCUT2D eigenvalue weighted by Crippen LogP contribution is 2.57. The zero-order chi connectivity index (χ0) is 11.1. The highest BCUT2D eigenvalue weighted by molar-refractivity contribution is 5.42. The summed E-state index contributed by atoms with van der Waals surface area (Å²) in [6.45, 7) is 4.81. The molecule has 3 rings (SSSR count). The molecule has 0 radical (unpaired) electrons. The van der Waals surface area contributed by atoms with Crippen LogP contribution in [0, 0.1) is 23.7 Å². The molecule has 0 amide bonds. The molecule has 0 heterocycles. The molecule has 1 saturated carbocycles. The van der Waals surface area contributed by atoms with E-state index >= 15 is 0 Å². The molecule has 3 aliphatic carbocycles. The number of allylic oxidation sites excluding steroid dienone is 4. The summed E-state index contributed by atoms with van der Waals surface area (Å²) in [7, 11) is 0. The lowest BCUT2D eigenvalue weighted by Gasteiger charge is -2.25. The van der Waals surface area contributed by atoms with Crippen LogP contribution in [-0.2, 0) is 0 Å².